The van der Waals surface area contributed by atoms with Crippen LogP contribution in [0.25, 0.3) is 22.4 Å². The van der Waals surface area contributed by atoms with Gasteiger partial charge in [0.1, 0.15) is 18.0 Å². The number of pyridine rings is 1. The van der Waals surface area contributed by atoms with Crippen LogP contribution in [0.3, 0.4) is 0 Å². The molecule has 0 bridgehead atoms. The summed E-state index contributed by atoms with van der Waals surface area (Å²) in [4.78, 5) is 29.9. The Hall–Kier alpha value is -3.05. The fraction of sp³-hybridized carbons (Fsp3) is 0.552. The summed E-state index contributed by atoms with van der Waals surface area (Å²) < 4.78 is 20.2. The molecule has 0 amide bonds. The van der Waals surface area contributed by atoms with Crippen LogP contribution in [0.4, 0.5) is 0 Å². The second kappa shape index (κ2) is 12.9. The number of aliphatic hydroxyl groups excluding tert-OH is 1. The molecule has 1 aromatic carbocycles. The molecule has 2 atom stereocenters. The summed E-state index contributed by atoms with van der Waals surface area (Å²) in [5.74, 6) is 0.328. The van der Waals surface area contributed by atoms with Gasteiger partial charge in [-0.05, 0) is 63.3 Å². The molecule has 2 heterocycles. The van der Waals surface area contributed by atoms with Crippen LogP contribution in [0, 0.1) is 6.92 Å². The van der Waals surface area contributed by atoms with Gasteiger partial charge >= 0.3 is 5.97 Å². The van der Waals surface area contributed by atoms with Crippen molar-refractivity contribution in [2.45, 2.75) is 63.8 Å². The maximum atomic E-state index is 12.5. The smallest absolute Gasteiger partial charge is 0.326 e. The van der Waals surface area contributed by atoms with Gasteiger partial charge in [0.2, 0.25) is 0 Å². The molecule has 0 unspecified atom stereocenters. The number of hydrogen-bond donors (Lipinski definition) is 2. The lowest BCUT2D eigenvalue weighted by atomic mass is 9.96. The Morgan fingerprint density at radius 1 is 1.21 bits per heavy atom. The third kappa shape index (κ3) is 6.58. The van der Waals surface area contributed by atoms with Gasteiger partial charge in [0.15, 0.2) is 0 Å². The number of methoxy groups -OCH3 is 2. The van der Waals surface area contributed by atoms with Crippen molar-refractivity contribution < 1.29 is 24.1 Å². The fourth-order valence-corrected chi connectivity index (χ4v) is 5.00. The molecule has 0 spiro atoms. The summed E-state index contributed by atoms with van der Waals surface area (Å²) in [6, 6.07) is 7.08. The molecule has 1 saturated carbocycles. The lowest BCUT2D eigenvalue weighted by Gasteiger charge is -2.28. The second-order valence-corrected chi connectivity index (χ2v) is 10.4. The van der Waals surface area contributed by atoms with E-state index < -0.39 is 18.1 Å². The average molecular weight is 541 g/mol. The van der Waals surface area contributed by atoms with Crippen LogP contribution in [0.1, 0.15) is 43.4 Å². The van der Waals surface area contributed by atoms with Gasteiger partial charge < -0.3 is 33.8 Å². The summed E-state index contributed by atoms with van der Waals surface area (Å²) in [5, 5.41) is 13.3. The number of ether oxygens (including phenoxy) is 3. The molecular formula is C29H40N4O6. The number of fused-ring (bicyclic) bond motifs is 1. The normalized spacial score (nSPS) is 15.5. The molecule has 10 heteroatoms. The summed E-state index contributed by atoms with van der Waals surface area (Å²) >= 11 is 0. The number of aryl methyl sites for hydroxylation is 2. The summed E-state index contributed by atoms with van der Waals surface area (Å²) in [6.45, 7) is 4.75. The predicted octanol–water partition coefficient (Wildman–Crippen LogP) is 2.52. The highest BCUT2D eigenvalue weighted by molar-refractivity contribution is 5.81. The monoisotopic (exact) mass is 540 g/mol. The largest absolute Gasteiger partial charge is 0.461 e. The molecule has 1 aliphatic carbocycles. The van der Waals surface area contributed by atoms with Crippen molar-refractivity contribution >= 4 is 17.0 Å². The summed E-state index contributed by atoms with van der Waals surface area (Å²) in [6.07, 6.45) is 4.40. The predicted molar refractivity (Wildman–Crippen MR) is 149 cm³/mol. The van der Waals surface area contributed by atoms with E-state index in [4.69, 9.17) is 19.2 Å². The van der Waals surface area contributed by atoms with E-state index in [1.54, 1.807) is 45.9 Å². The Kier molecular flexibility index (Phi) is 9.55. The van der Waals surface area contributed by atoms with E-state index in [-0.39, 0.29) is 17.7 Å². The van der Waals surface area contributed by atoms with Crippen molar-refractivity contribution in [3.63, 3.8) is 0 Å². The van der Waals surface area contributed by atoms with Crippen LogP contribution in [0.15, 0.2) is 35.3 Å². The van der Waals surface area contributed by atoms with Crippen LogP contribution < -0.4 is 10.9 Å². The summed E-state index contributed by atoms with van der Waals surface area (Å²) in [7, 11) is 5.05. The van der Waals surface area contributed by atoms with Crippen LogP contribution >= 0.6 is 0 Å². The van der Waals surface area contributed by atoms with Gasteiger partial charge in [-0.2, -0.15) is 0 Å². The number of carbonyl (C=O) groups is 1. The number of nitrogens with zero attached hydrogens (tertiary/aromatic N) is 3. The van der Waals surface area contributed by atoms with E-state index in [2.05, 4.69) is 9.88 Å². The molecule has 10 nitrogen and oxygen atoms in total. The minimum Gasteiger partial charge on any atom is -0.461 e. The first-order chi connectivity index (χ1) is 18.7. The third-order valence-electron chi connectivity index (χ3n) is 7.31. The second-order valence-electron chi connectivity index (χ2n) is 10.4. The molecule has 2 N–H and O–H groups in total. The van der Waals surface area contributed by atoms with Crippen molar-refractivity contribution in [3.8, 4) is 11.4 Å². The number of aromatic nitrogens is 3. The topological polar surface area (TPSA) is 117 Å². The zero-order valence-corrected chi connectivity index (χ0v) is 23.5. The number of benzene rings is 1. The molecule has 0 radical (unpaired) electrons. The molecule has 0 aliphatic heterocycles. The van der Waals surface area contributed by atoms with Gasteiger partial charge in [0, 0.05) is 45.1 Å². The summed E-state index contributed by atoms with van der Waals surface area (Å²) in [5.41, 5.74) is 4.19. The van der Waals surface area contributed by atoms with Gasteiger partial charge in [-0.3, -0.25) is 9.59 Å². The fourth-order valence-electron chi connectivity index (χ4n) is 5.00. The first-order valence-electron chi connectivity index (χ1n) is 13.5. The van der Waals surface area contributed by atoms with Crippen LogP contribution in [0.2, 0.25) is 0 Å². The Bertz CT molecular complexity index is 1310. The Morgan fingerprint density at radius 2 is 1.92 bits per heavy atom. The van der Waals surface area contributed by atoms with Gasteiger partial charge in [0.25, 0.3) is 5.56 Å². The van der Waals surface area contributed by atoms with Crippen molar-refractivity contribution in [2.75, 3.05) is 34.0 Å². The van der Waals surface area contributed by atoms with Crippen molar-refractivity contribution in [3.05, 3.63) is 51.9 Å². The van der Waals surface area contributed by atoms with Gasteiger partial charge in [-0.1, -0.05) is 6.07 Å². The Balaban J connectivity index is 1.61. The van der Waals surface area contributed by atoms with Crippen molar-refractivity contribution in [2.24, 2.45) is 7.05 Å². The number of rotatable bonds is 13. The number of hydrogen-bond acceptors (Lipinski definition) is 8. The van der Waals surface area contributed by atoms with Gasteiger partial charge in [0.05, 0.1) is 36.4 Å². The lowest BCUT2D eigenvalue weighted by Crippen LogP contribution is -2.48. The first kappa shape index (κ1) is 28.9. The lowest BCUT2D eigenvalue weighted by molar-refractivity contribution is -0.158. The molecule has 2 aromatic heterocycles. The number of esters is 1. The van der Waals surface area contributed by atoms with Gasteiger partial charge in [-0.25, -0.2) is 4.98 Å². The SMILES string of the molecule is COCC(COC)n1c(-c2cc(C)c(=O)n(C)c2)nc2cc(CCN[C@H](C(=O)OC3CCC3)[C@@H](C)O)ccc21. The Morgan fingerprint density at radius 3 is 2.51 bits per heavy atom. The minimum absolute atomic E-state index is 0.0249. The maximum Gasteiger partial charge on any atom is 0.326 e. The molecule has 4 rings (SSSR count). The van der Waals surface area contributed by atoms with Crippen LogP contribution in [-0.2, 0) is 32.5 Å². The van der Waals surface area contributed by atoms with Crippen molar-refractivity contribution in [1.82, 2.24) is 19.4 Å². The molecule has 1 fully saturated rings. The van der Waals surface area contributed by atoms with E-state index in [1.165, 1.54) is 0 Å². The molecule has 212 valence electrons. The average Bonchev–Trinajstić information content (AvgIpc) is 3.25. The first-order valence-corrected chi connectivity index (χ1v) is 13.5. The van der Waals surface area contributed by atoms with E-state index in [0.717, 1.165) is 47.2 Å². The molecule has 39 heavy (non-hydrogen) atoms. The molecule has 0 saturated heterocycles. The third-order valence-corrected chi connectivity index (χ3v) is 7.31. The highest BCUT2D eigenvalue weighted by atomic mass is 16.5. The van der Waals surface area contributed by atoms with Crippen molar-refractivity contribution in [1.29, 1.82) is 0 Å². The molecular weight excluding hydrogens is 500 g/mol. The van der Waals surface area contributed by atoms with Gasteiger partial charge in [-0.15, -0.1) is 0 Å². The molecule has 3 aromatic rings. The standard InChI is InChI=1S/C29H40N4O6/c1-18-13-21(15-32(3)28(18)35)27-31-24-14-20(9-10-25(24)33(27)22(16-37-4)17-38-5)11-12-30-26(19(2)34)29(36)39-23-7-6-8-23/h9-10,13-15,19,22-23,26,30,34H,6-8,11-12,16-17H2,1-5H3/t19-,26+/m1/s1. The number of nitrogens with one attached hydrogen (secondary N) is 1. The van der Waals surface area contributed by atoms with E-state index in [1.807, 2.05) is 24.3 Å². The zero-order valence-electron chi connectivity index (χ0n) is 23.5. The Labute approximate surface area is 228 Å². The maximum absolute atomic E-state index is 12.5. The minimum atomic E-state index is -0.859. The van der Waals surface area contributed by atoms with E-state index in [0.29, 0.717) is 31.7 Å². The zero-order chi connectivity index (χ0) is 28.1. The van der Waals surface area contributed by atoms with Crippen LogP contribution in [0.5, 0.6) is 0 Å². The highest BCUT2D eigenvalue weighted by Gasteiger charge is 2.29. The number of carbonyl (C=O) groups excluding carboxylic acids is 1. The quantitative estimate of drug-likeness (QED) is 0.318. The van der Waals surface area contributed by atoms with E-state index >= 15 is 0 Å². The van der Waals surface area contributed by atoms with Crippen LogP contribution in [-0.4, -0.2) is 77.4 Å². The highest BCUT2D eigenvalue weighted by Crippen LogP contribution is 2.30. The van der Waals surface area contributed by atoms with E-state index in [9.17, 15) is 14.7 Å². The number of aliphatic hydroxyl groups is 1. The molecule has 1 aliphatic rings. The number of imidazole rings is 1.